The van der Waals surface area contributed by atoms with Gasteiger partial charge in [0.05, 0.1) is 17.4 Å². The molecule has 0 spiro atoms. The van der Waals surface area contributed by atoms with Crippen molar-refractivity contribution >= 4 is 27.7 Å². The van der Waals surface area contributed by atoms with Crippen molar-refractivity contribution in [2.24, 2.45) is 0 Å². The largest absolute Gasteiger partial charge is 0.349 e. The van der Waals surface area contributed by atoms with Crippen molar-refractivity contribution in [1.29, 1.82) is 0 Å². The highest BCUT2D eigenvalue weighted by molar-refractivity contribution is 6.04. The third-order valence-corrected chi connectivity index (χ3v) is 3.92. The predicted octanol–water partition coefficient (Wildman–Crippen LogP) is 1.10. The molecule has 2 aromatic heterocycles. The number of hydrogen-bond acceptors (Lipinski definition) is 5. The second-order valence-electron chi connectivity index (χ2n) is 5.51. The summed E-state index contributed by atoms with van der Waals surface area (Å²) in [5.41, 5.74) is 1.44. The fourth-order valence-electron chi connectivity index (χ4n) is 2.67. The first-order valence-electron chi connectivity index (χ1n) is 7.78. The molecule has 0 aliphatic heterocycles. The van der Waals surface area contributed by atoms with Gasteiger partial charge in [-0.25, -0.2) is 4.68 Å². The van der Waals surface area contributed by atoms with Crippen LogP contribution in [-0.4, -0.2) is 37.6 Å². The van der Waals surface area contributed by atoms with Crippen molar-refractivity contribution in [3.8, 4) is 0 Å². The first kappa shape index (κ1) is 15.0. The van der Waals surface area contributed by atoms with Crippen molar-refractivity contribution in [1.82, 2.24) is 30.5 Å². The van der Waals surface area contributed by atoms with Crippen molar-refractivity contribution in [2.75, 3.05) is 6.54 Å². The number of amides is 1. The Kier molecular flexibility index (Phi) is 3.70. The minimum Gasteiger partial charge on any atom is -0.349 e. The second kappa shape index (κ2) is 6.16. The summed E-state index contributed by atoms with van der Waals surface area (Å²) < 4.78 is 1.24. The molecule has 25 heavy (non-hydrogen) atoms. The summed E-state index contributed by atoms with van der Waals surface area (Å²) >= 11 is 0. The quantitative estimate of drug-likeness (QED) is 0.581. The van der Waals surface area contributed by atoms with E-state index < -0.39 is 0 Å². The molecule has 124 valence electrons. The predicted molar refractivity (Wildman–Crippen MR) is 92.2 cm³/mol. The van der Waals surface area contributed by atoms with Crippen LogP contribution in [0.5, 0.6) is 0 Å². The van der Waals surface area contributed by atoms with Gasteiger partial charge in [0.15, 0.2) is 5.69 Å². The number of benzene rings is 2. The average molecular weight is 334 g/mol. The van der Waals surface area contributed by atoms with Gasteiger partial charge in [0, 0.05) is 11.9 Å². The molecule has 4 aromatic rings. The van der Waals surface area contributed by atoms with Gasteiger partial charge in [-0.2, -0.15) is 5.10 Å². The summed E-state index contributed by atoms with van der Waals surface area (Å²) in [7, 11) is 0. The lowest BCUT2D eigenvalue weighted by Crippen LogP contribution is -2.32. The zero-order chi connectivity index (χ0) is 17.2. The van der Waals surface area contributed by atoms with Crippen LogP contribution in [0.25, 0.3) is 21.8 Å². The molecule has 8 heteroatoms. The molecule has 0 unspecified atom stereocenters. The number of aromatic amines is 1. The van der Waals surface area contributed by atoms with Crippen molar-refractivity contribution in [3.05, 3.63) is 64.6 Å². The number of rotatable bonds is 4. The summed E-state index contributed by atoms with van der Waals surface area (Å²) in [5.74, 6) is -0.306. The number of carbonyl (C=O) groups is 1. The Bertz CT molecular complexity index is 1130. The van der Waals surface area contributed by atoms with E-state index in [-0.39, 0.29) is 24.6 Å². The standard InChI is InChI=1S/C17H14N6O2/c24-16(15-11-5-1-3-7-13(11)19-21-15)18-9-10-23-17(25)12-6-2-4-8-14(12)20-22-23/h1-8H,9-10H2,(H,18,24)(H,19,21). The Labute approximate surface area is 141 Å². The van der Waals surface area contributed by atoms with E-state index in [1.807, 2.05) is 24.3 Å². The summed E-state index contributed by atoms with van der Waals surface area (Å²) in [6.45, 7) is 0.470. The smallest absolute Gasteiger partial charge is 0.277 e. The molecule has 1 amide bonds. The number of para-hydroxylation sites is 1. The molecule has 2 heterocycles. The normalized spacial score (nSPS) is 11.0. The van der Waals surface area contributed by atoms with E-state index in [2.05, 4.69) is 25.8 Å². The first-order chi connectivity index (χ1) is 12.2. The zero-order valence-corrected chi connectivity index (χ0v) is 13.1. The van der Waals surface area contributed by atoms with E-state index in [9.17, 15) is 9.59 Å². The van der Waals surface area contributed by atoms with Gasteiger partial charge in [0.2, 0.25) is 0 Å². The third kappa shape index (κ3) is 2.74. The van der Waals surface area contributed by atoms with Gasteiger partial charge in [0.25, 0.3) is 11.5 Å². The SMILES string of the molecule is O=C(NCCn1nnc2ccccc2c1=O)c1n[nH]c2ccccc12. The molecule has 0 bridgehead atoms. The Morgan fingerprint density at radius 3 is 2.72 bits per heavy atom. The maximum absolute atomic E-state index is 12.3. The summed E-state index contributed by atoms with van der Waals surface area (Å²) in [6.07, 6.45) is 0. The van der Waals surface area contributed by atoms with Crippen molar-refractivity contribution in [3.63, 3.8) is 0 Å². The molecule has 0 saturated heterocycles. The van der Waals surface area contributed by atoms with Crippen LogP contribution in [0, 0.1) is 0 Å². The fourth-order valence-corrected chi connectivity index (χ4v) is 2.67. The Morgan fingerprint density at radius 2 is 1.84 bits per heavy atom. The highest BCUT2D eigenvalue weighted by Crippen LogP contribution is 2.14. The van der Waals surface area contributed by atoms with Gasteiger partial charge in [-0.3, -0.25) is 14.7 Å². The third-order valence-electron chi connectivity index (χ3n) is 3.92. The number of aromatic nitrogens is 5. The number of fused-ring (bicyclic) bond motifs is 2. The number of nitrogens with one attached hydrogen (secondary N) is 2. The second-order valence-corrected chi connectivity index (χ2v) is 5.51. The Morgan fingerprint density at radius 1 is 1.08 bits per heavy atom. The van der Waals surface area contributed by atoms with Crippen LogP contribution in [-0.2, 0) is 6.54 Å². The van der Waals surface area contributed by atoms with Crippen LogP contribution in [0.4, 0.5) is 0 Å². The van der Waals surface area contributed by atoms with E-state index in [0.29, 0.717) is 16.6 Å². The van der Waals surface area contributed by atoms with Crippen LogP contribution < -0.4 is 10.9 Å². The molecule has 0 saturated carbocycles. The van der Waals surface area contributed by atoms with E-state index in [4.69, 9.17) is 0 Å². The van der Waals surface area contributed by atoms with Gasteiger partial charge in [0.1, 0.15) is 5.52 Å². The molecule has 4 rings (SSSR count). The van der Waals surface area contributed by atoms with Gasteiger partial charge in [-0.05, 0) is 18.2 Å². The zero-order valence-electron chi connectivity index (χ0n) is 13.1. The minimum absolute atomic E-state index is 0.227. The van der Waals surface area contributed by atoms with Crippen LogP contribution in [0.1, 0.15) is 10.5 Å². The molecule has 8 nitrogen and oxygen atoms in total. The summed E-state index contributed by atoms with van der Waals surface area (Å²) in [5, 5.41) is 18.8. The highest BCUT2D eigenvalue weighted by Gasteiger charge is 2.13. The minimum atomic E-state index is -0.306. The van der Waals surface area contributed by atoms with Gasteiger partial charge in [-0.1, -0.05) is 35.5 Å². The lowest BCUT2D eigenvalue weighted by atomic mass is 10.2. The lowest BCUT2D eigenvalue weighted by Gasteiger charge is -2.06. The topological polar surface area (TPSA) is 106 Å². The molecule has 0 fully saturated rings. The monoisotopic (exact) mass is 334 g/mol. The first-order valence-corrected chi connectivity index (χ1v) is 7.78. The number of nitrogens with zero attached hydrogens (tertiary/aromatic N) is 4. The van der Waals surface area contributed by atoms with E-state index in [1.165, 1.54) is 4.68 Å². The Hall–Kier alpha value is -3.55. The molecule has 2 aromatic carbocycles. The van der Waals surface area contributed by atoms with Crippen LogP contribution in [0.3, 0.4) is 0 Å². The van der Waals surface area contributed by atoms with Crippen molar-refractivity contribution < 1.29 is 4.79 Å². The summed E-state index contributed by atoms with van der Waals surface area (Å²) in [4.78, 5) is 24.6. The van der Waals surface area contributed by atoms with Crippen molar-refractivity contribution in [2.45, 2.75) is 6.54 Å². The number of hydrogen-bond donors (Lipinski definition) is 2. The molecule has 0 aliphatic carbocycles. The average Bonchev–Trinajstić information content (AvgIpc) is 3.08. The molecule has 0 radical (unpaired) electrons. The highest BCUT2D eigenvalue weighted by atomic mass is 16.2. The van der Waals surface area contributed by atoms with E-state index in [1.54, 1.807) is 24.3 Å². The van der Waals surface area contributed by atoms with Gasteiger partial charge < -0.3 is 5.32 Å². The summed E-state index contributed by atoms with van der Waals surface area (Å²) in [6, 6.07) is 14.4. The van der Waals surface area contributed by atoms with Crippen LogP contribution in [0.2, 0.25) is 0 Å². The number of H-pyrrole nitrogens is 1. The molecular weight excluding hydrogens is 320 g/mol. The van der Waals surface area contributed by atoms with E-state index in [0.717, 1.165) is 10.9 Å². The van der Waals surface area contributed by atoms with Gasteiger partial charge in [-0.15, -0.1) is 5.10 Å². The molecular formula is C17H14N6O2. The Balaban J connectivity index is 1.48. The molecule has 0 aliphatic rings. The van der Waals surface area contributed by atoms with E-state index >= 15 is 0 Å². The van der Waals surface area contributed by atoms with Crippen LogP contribution in [0.15, 0.2) is 53.3 Å². The maximum atomic E-state index is 12.3. The number of carbonyl (C=O) groups excluding carboxylic acids is 1. The molecule has 2 N–H and O–H groups in total. The van der Waals surface area contributed by atoms with Gasteiger partial charge >= 0.3 is 0 Å². The fraction of sp³-hybridized carbons (Fsp3) is 0.118. The lowest BCUT2D eigenvalue weighted by molar-refractivity contribution is 0.0948. The maximum Gasteiger partial charge on any atom is 0.277 e. The van der Waals surface area contributed by atoms with Crippen LogP contribution >= 0.6 is 0 Å². The molecule has 0 atom stereocenters.